The van der Waals surface area contributed by atoms with Gasteiger partial charge in [-0.2, -0.15) is 0 Å². The zero-order valence-electron chi connectivity index (χ0n) is 15.2. The van der Waals surface area contributed by atoms with Gasteiger partial charge in [-0.1, -0.05) is 23.7 Å². The van der Waals surface area contributed by atoms with Crippen LogP contribution in [-0.2, 0) is 0 Å². The van der Waals surface area contributed by atoms with Crippen LogP contribution in [0.5, 0.6) is 5.75 Å². The Labute approximate surface area is 159 Å². The van der Waals surface area contributed by atoms with E-state index in [-0.39, 0.29) is 11.9 Å². The summed E-state index contributed by atoms with van der Waals surface area (Å²) in [6, 6.07) is 11.2. The number of nitrogens with one attached hydrogen (secondary N) is 1. The first-order chi connectivity index (χ1) is 12.5. The van der Waals surface area contributed by atoms with Gasteiger partial charge in [0, 0.05) is 24.7 Å². The molecule has 1 saturated heterocycles. The van der Waals surface area contributed by atoms with Crippen LogP contribution >= 0.6 is 11.6 Å². The highest BCUT2D eigenvalue weighted by Crippen LogP contribution is 2.25. The maximum Gasteiger partial charge on any atom is 0.323 e. The van der Waals surface area contributed by atoms with Gasteiger partial charge in [0.15, 0.2) is 0 Å². The molecule has 5 nitrogen and oxygen atoms in total. The van der Waals surface area contributed by atoms with Gasteiger partial charge in [0.05, 0.1) is 11.6 Å². The monoisotopic (exact) mass is 373 g/mol. The molecule has 138 valence electrons. The summed E-state index contributed by atoms with van der Waals surface area (Å²) < 4.78 is 5.85. The predicted molar refractivity (Wildman–Crippen MR) is 104 cm³/mol. The van der Waals surface area contributed by atoms with Crippen molar-refractivity contribution in [2.24, 2.45) is 5.92 Å². The number of para-hydroxylation sites is 1. The van der Waals surface area contributed by atoms with E-state index in [9.17, 15) is 4.79 Å². The van der Waals surface area contributed by atoms with Crippen molar-refractivity contribution < 1.29 is 9.53 Å². The van der Waals surface area contributed by atoms with Crippen LogP contribution in [0, 0.1) is 19.8 Å². The normalized spacial score (nSPS) is 17.0. The number of aromatic nitrogens is 1. The van der Waals surface area contributed by atoms with Crippen LogP contribution in [0.4, 0.5) is 10.6 Å². The number of anilines is 1. The van der Waals surface area contributed by atoms with Crippen molar-refractivity contribution in [3.63, 3.8) is 0 Å². The molecule has 2 amide bonds. The van der Waals surface area contributed by atoms with Crippen molar-refractivity contribution >= 4 is 23.4 Å². The molecule has 1 fully saturated rings. The van der Waals surface area contributed by atoms with Crippen LogP contribution in [0.1, 0.15) is 24.1 Å². The van der Waals surface area contributed by atoms with Crippen LogP contribution in [-0.4, -0.2) is 35.6 Å². The van der Waals surface area contributed by atoms with E-state index in [2.05, 4.69) is 10.3 Å². The Morgan fingerprint density at radius 2 is 2.15 bits per heavy atom. The van der Waals surface area contributed by atoms with Crippen LogP contribution in [0.25, 0.3) is 0 Å². The molecular formula is C20H24ClN3O2. The number of amides is 2. The molecule has 1 aliphatic heterocycles. The molecule has 2 heterocycles. The molecule has 2 aromatic rings. The third kappa shape index (κ3) is 4.88. The average Bonchev–Trinajstić information content (AvgIpc) is 2.60. The van der Waals surface area contributed by atoms with Crippen LogP contribution in [0.2, 0.25) is 5.02 Å². The number of hydrogen-bond donors (Lipinski definition) is 1. The average molecular weight is 374 g/mol. The Kier molecular flexibility index (Phi) is 5.99. The van der Waals surface area contributed by atoms with Gasteiger partial charge < -0.3 is 9.64 Å². The third-order valence-electron chi connectivity index (χ3n) is 4.45. The van der Waals surface area contributed by atoms with Crippen LogP contribution in [0.15, 0.2) is 36.4 Å². The zero-order valence-corrected chi connectivity index (χ0v) is 15.9. The van der Waals surface area contributed by atoms with Gasteiger partial charge in [0.1, 0.15) is 11.6 Å². The Morgan fingerprint density at radius 3 is 2.92 bits per heavy atom. The summed E-state index contributed by atoms with van der Waals surface area (Å²) >= 11 is 6.13. The van der Waals surface area contributed by atoms with Crippen molar-refractivity contribution in [1.82, 2.24) is 9.88 Å². The first kappa shape index (κ1) is 18.5. The lowest BCUT2D eigenvalue weighted by molar-refractivity contribution is 0.145. The second-order valence-corrected chi connectivity index (χ2v) is 7.20. The van der Waals surface area contributed by atoms with Crippen LogP contribution < -0.4 is 10.1 Å². The number of ether oxygens (including phenoxy) is 1. The Bertz CT molecular complexity index is 761. The fourth-order valence-corrected chi connectivity index (χ4v) is 3.44. The minimum absolute atomic E-state index is 0.107. The molecule has 1 aromatic heterocycles. The summed E-state index contributed by atoms with van der Waals surface area (Å²) in [5.41, 5.74) is 1.97. The van der Waals surface area contributed by atoms with Gasteiger partial charge in [-0.3, -0.25) is 5.32 Å². The minimum atomic E-state index is -0.107. The fraction of sp³-hybridized carbons (Fsp3) is 0.400. The molecule has 3 rings (SSSR count). The number of aryl methyl sites for hydroxylation is 2. The van der Waals surface area contributed by atoms with E-state index in [0.717, 1.165) is 30.6 Å². The Morgan fingerprint density at radius 1 is 1.35 bits per heavy atom. The minimum Gasteiger partial charge on any atom is -0.492 e. The Balaban J connectivity index is 1.55. The molecule has 1 aromatic carbocycles. The summed E-state index contributed by atoms with van der Waals surface area (Å²) in [4.78, 5) is 18.8. The van der Waals surface area contributed by atoms with Crippen molar-refractivity contribution in [3.05, 3.63) is 52.7 Å². The number of nitrogens with zero attached hydrogens (tertiary/aromatic N) is 2. The second-order valence-electron chi connectivity index (χ2n) is 6.80. The number of hydrogen-bond acceptors (Lipinski definition) is 3. The van der Waals surface area contributed by atoms with Gasteiger partial charge in [0.25, 0.3) is 0 Å². The molecule has 0 aliphatic carbocycles. The van der Waals surface area contributed by atoms with Crippen LogP contribution in [0.3, 0.4) is 0 Å². The number of benzene rings is 1. The summed E-state index contributed by atoms with van der Waals surface area (Å²) in [6.45, 7) is 5.88. The maximum atomic E-state index is 12.6. The summed E-state index contributed by atoms with van der Waals surface area (Å²) in [7, 11) is 0. The number of pyridine rings is 1. The molecule has 1 N–H and O–H groups in total. The lowest BCUT2D eigenvalue weighted by atomic mass is 9.99. The van der Waals surface area contributed by atoms with E-state index in [1.165, 1.54) is 0 Å². The van der Waals surface area contributed by atoms with Gasteiger partial charge in [-0.15, -0.1) is 0 Å². The molecule has 1 atom stereocenters. The zero-order chi connectivity index (χ0) is 18.5. The lowest BCUT2D eigenvalue weighted by Crippen LogP contribution is -2.43. The Hall–Kier alpha value is -2.27. The quantitative estimate of drug-likeness (QED) is 0.846. The van der Waals surface area contributed by atoms with E-state index in [1.54, 1.807) is 0 Å². The molecule has 0 bridgehead atoms. The van der Waals surface area contributed by atoms with E-state index in [1.807, 2.05) is 55.1 Å². The van der Waals surface area contributed by atoms with E-state index in [4.69, 9.17) is 16.3 Å². The second kappa shape index (κ2) is 8.41. The molecule has 6 heteroatoms. The smallest absolute Gasteiger partial charge is 0.323 e. The van der Waals surface area contributed by atoms with Crippen molar-refractivity contribution in [2.75, 3.05) is 25.0 Å². The van der Waals surface area contributed by atoms with Gasteiger partial charge in [-0.25, -0.2) is 9.78 Å². The first-order valence-electron chi connectivity index (χ1n) is 8.90. The molecule has 26 heavy (non-hydrogen) atoms. The molecule has 1 unspecified atom stereocenters. The molecule has 0 saturated carbocycles. The van der Waals surface area contributed by atoms with E-state index < -0.39 is 0 Å². The number of piperidine rings is 1. The van der Waals surface area contributed by atoms with Gasteiger partial charge in [-0.05, 0) is 56.5 Å². The van der Waals surface area contributed by atoms with Crippen molar-refractivity contribution in [2.45, 2.75) is 26.7 Å². The predicted octanol–water partition coefficient (Wildman–Crippen LogP) is 4.67. The van der Waals surface area contributed by atoms with Crippen molar-refractivity contribution in [3.8, 4) is 5.75 Å². The molecule has 0 radical (unpaired) electrons. The van der Waals surface area contributed by atoms with E-state index in [0.29, 0.717) is 29.7 Å². The molecule has 1 aliphatic rings. The number of carbonyl (C=O) groups excluding carboxylic acids is 1. The maximum absolute atomic E-state index is 12.6. The number of rotatable bonds is 4. The SMILES string of the molecule is Cc1cc(C)nc(NC(=O)N2CCCC(COc3ccccc3Cl)C2)c1. The van der Waals surface area contributed by atoms with Gasteiger partial charge in [0.2, 0.25) is 0 Å². The highest BCUT2D eigenvalue weighted by atomic mass is 35.5. The van der Waals surface area contributed by atoms with E-state index >= 15 is 0 Å². The third-order valence-corrected chi connectivity index (χ3v) is 4.76. The number of likely N-dealkylation sites (tertiary alicyclic amines) is 1. The topological polar surface area (TPSA) is 54.5 Å². The first-order valence-corrected chi connectivity index (χ1v) is 9.27. The fourth-order valence-electron chi connectivity index (χ4n) is 3.25. The highest BCUT2D eigenvalue weighted by molar-refractivity contribution is 6.32. The molecular weight excluding hydrogens is 350 g/mol. The summed E-state index contributed by atoms with van der Waals surface area (Å²) in [5, 5.41) is 3.52. The number of halogens is 1. The lowest BCUT2D eigenvalue weighted by Gasteiger charge is -2.32. The largest absolute Gasteiger partial charge is 0.492 e. The van der Waals surface area contributed by atoms with Gasteiger partial charge >= 0.3 is 6.03 Å². The highest BCUT2D eigenvalue weighted by Gasteiger charge is 2.24. The van der Waals surface area contributed by atoms with Crippen molar-refractivity contribution in [1.29, 1.82) is 0 Å². The standard InChI is InChI=1S/C20H24ClN3O2/c1-14-10-15(2)22-19(11-14)23-20(25)24-9-5-6-16(12-24)13-26-18-8-4-3-7-17(18)21/h3-4,7-8,10-11,16H,5-6,9,12-13H2,1-2H3,(H,22,23,25). The number of urea groups is 1. The molecule has 0 spiro atoms. The number of carbonyl (C=O) groups is 1. The summed E-state index contributed by atoms with van der Waals surface area (Å²) in [6.07, 6.45) is 2.00. The summed E-state index contributed by atoms with van der Waals surface area (Å²) in [5.74, 6) is 1.58.